The second kappa shape index (κ2) is 11.1. The summed E-state index contributed by atoms with van der Waals surface area (Å²) in [4.78, 5) is 0. The molecule has 0 heterocycles. The predicted octanol–water partition coefficient (Wildman–Crippen LogP) is 1.82. The molecule has 3 aliphatic carbocycles. The first-order valence-electron chi connectivity index (χ1n) is 12.5. The Balaban J connectivity index is 0.00000153. The van der Waals surface area contributed by atoms with Crippen molar-refractivity contribution in [2.24, 2.45) is 5.92 Å². The van der Waals surface area contributed by atoms with Crippen LogP contribution in [-0.4, -0.2) is 5.92 Å². The maximum Gasteiger partial charge on any atom is -1.00 e. The molecule has 0 aliphatic heterocycles. The Labute approximate surface area is 222 Å². The van der Waals surface area contributed by atoms with Gasteiger partial charge in [-0.05, 0) is 0 Å². The molecule has 175 valence electrons. The summed E-state index contributed by atoms with van der Waals surface area (Å²) >= 11 is -1.82. The van der Waals surface area contributed by atoms with Crippen molar-refractivity contribution in [3.8, 4) is 0 Å². The van der Waals surface area contributed by atoms with E-state index in [-0.39, 0.29) is 24.8 Å². The second-order valence-electron chi connectivity index (χ2n) is 10.4. The summed E-state index contributed by atoms with van der Waals surface area (Å²) < 4.78 is 1.55. The fraction of sp³-hybridized carbons (Fsp3) is 0.448. The van der Waals surface area contributed by atoms with Crippen molar-refractivity contribution < 1.29 is 45.7 Å². The minimum Gasteiger partial charge on any atom is -1.00 e. The van der Waals surface area contributed by atoms with Crippen molar-refractivity contribution in [1.82, 2.24) is 0 Å². The van der Waals surface area contributed by atoms with Gasteiger partial charge in [0.15, 0.2) is 0 Å². The molecule has 3 aliphatic rings. The summed E-state index contributed by atoms with van der Waals surface area (Å²) in [5.74, 6) is -0.0310. The molecule has 0 amide bonds. The maximum absolute atomic E-state index is 2.83. The summed E-state index contributed by atoms with van der Waals surface area (Å²) in [6, 6.07) is 14.7. The number of aryl methyl sites for hydroxylation is 2. The number of benzene rings is 2. The molecule has 0 aromatic heterocycles. The van der Waals surface area contributed by atoms with Crippen molar-refractivity contribution in [1.29, 1.82) is 0 Å². The van der Waals surface area contributed by atoms with Crippen LogP contribution in [-0.2, 0) is 33.8 Å². The maximum atomic E-state index is 2.83. The molecule has 0 radical (unpaired) electrons. The molecule has 4 heteroatoms. The predicted molar refractivity (Wildman–Crippen MR) is 135 cm³/mol. The van der Waals surface area contributed by atoms with Crippen molar-refractivity contribution in [2.45, 2.75) is 73.2 Å². The van der Waals surface area contributed by atoms with Crippen LogP contribution in [0.5, 0.6) is 0 Å². The second-order valence-corrected chi connectivity index (χ2v) is 30.7. The largest absolute Gasteiger partial charge is 1.00 e. The van der Waals surface area contributed by atoms with Gasteiger partial charge >= 0.3 is 199 Å². The van der Waals surface area contributed by atoms with E-state index in [2.05, 4.69) is 82.4 Å². The summed E-state index contributed by atoms with van der Waals surface area (Å²) in [7, 11) is 0. The van der Waals surface area contributed by atoms with E-state index in [1.165, 1.54) is 43.2 Å². The fourth-order valence-corrected chi connectivity index (χ4v) is 27.8. The van der Waals surface area contributed by atoms with E-state index in [4.69, 9.17) is 0 Å². The van der Waals surface area contributed by atoms with Crippen LogP contribution >= 0.6 is 0 Å². The van der Waals surface area contributed by atoms with Gasteiger partial charge in [0.1, 0.15) is 0 Å². The van der Waals surface area contributed by atoms with Gasteiger partial charge in [0.25, 0.3) is 0 Å². The number of hydrogen-bond donors (Lipinski definition) is 0. The molecule has 5 rings (SSSR count). The van der Waals surface area contributed by atoms with Crippen molar-refractivity contribution in [2.75, 3.05) is 0 Å². The minimum absolute atomic E-state index is 0. The van der Waals surface area contributed by atoms with E-state index >= 15 is 0 Å². The van der Waals surface area contributed by atoms with Crippen LogP contribution in [0.1, 0.15) is 80.7 Å². The van der Waals surface area contributed by atoms with Gasteiger partial charge in [0, 0.05) is 0 Å². The number of allylic oxidation sites excluding steroid dienone is 4. The molecule has 3 unspecified atom stereocenters. The molecule has 0 spiro atoms. The van der Waals surface area contributed by atoms with E-state index in [0.717, 1.165) is 7.25 Å². The Hall–Kier alpha value is -0.400. The summed E-state index contributed by atoms with van der Waals surface area (Å²) in [5, 5.41) is 0. The van der Waals surface area contributed by atoms with Crippen LogP contribution in [0.25, 0.3) is 11.1 Å². The number of fused-ring (bicyclic) bond motifs is 3. The van der Waals surface area contributed by atoms with Crippen molar-refractivity contribution in [3.63, 3.8) is 0 Å². The van der Waals surface area contributed by atoms with Crippen LogP contribution < -0.4 is 24.8 Å². The molecule has 0 bridgehead atoms. The van der Waals surface area contributed by atoms with Crippen LogP contribution in [0.2, 0.25) is 13.1 Å². The van der Waals surface area contributed by atoms with E-state index < -0.39 is 26.8 Å². The van der Waals surface area contributed by atoms with Gasteiger partial charge in [0.2, 0.25) is 0 Å². The molecule has 33 heavy (non-hydrogen) atoms. The van der Waals surface area contributed by atoms with E-state index in [1.807, 2.05) is 0 Å². The summed E-state index contributed by atoms with van der Waals surface area (Å²) in [6.45, 7) is 12.5. The van der Waals surface area contributed by atoms with Gasteiger partial charge in [-0.2, -0.15) is 0 Å². The van der Waals surface area contributed by atoms with Crippen LogP contribution in [0.15, 0.2) is 48.6 Å². The summed E-state index contributed by atoms with van der Waals surface area (Å²) in [6.07, 6.45) is 12.1. The van der Waals surface area contributed by atoms with Gasteiger partial charge in [-0.3, -0.25) is 0 Å². The Kier molecular flexibility index (Phi) is 9.16. The third-order valence-corrected chi connectivity index (χ3v) is 29.3. The third kappa shape index (κ3) is 4.84. The number of halogens is 2. The molecule has 2 aromatic carbocycles. The number of rotatable bonds is 6. The van der Waals surface area contributed by atoms with Crippen LogP contribution in [0.4, 0.5) is 0 Å². The SMILES string of the molecule is CCCC(C)C1=C[CH]([Zr+2]([CH]2C=C(C)c3ccccc32)[SiH](C)C)c2cc3c(cc21)CCC3.[Cl-].[Cl-]. The first-order valence-corrected chi connectivity index (χ1v) is 22.5. The van der Waals surface area contributed by atoms with Gasteiger partial charge in [-0.25, -0.2) is 0 Å². The third-order valence-electron chi connectivity index (χ3n) is 8.03. The van der Waals surface area contributed by atoms with E-state index in [1.54, 1.807) is 33.4 Å². The van der Waals surface area contributed by atoms with Crippen LogP contribution in [0, 0.1) is 5.92 Å². The van der Waals surface area contributed by atoms with Gasteiger partial charge in [-0.1, -0.05) is 0 Å². The molecular weight excluding hydrogens is 539 g/mol. The Bertz CT molecular complexity index is 1070. The molecule has 0 saturated carbocycles. The monoisotopic (exact) mass is 573 g/mol. The molecule has 0 nitrogen and oxygen atoms in total. The van der Waals surface area contributed by atoms with E-state index in [0.29, 0.717) is 5.92 Å². The van der Waals surface area contributed by atoms with Crippen molar-refractivity contribution >= 4 is 17.1 Å². The van der Waals surface area contributed by atoms with Gasteiger partial charge < -0.3 is 24.8 Å². The number of hydrogen-bond acceptors (Lipinski definition) is 0. The zero-order valence-corrected chi connectivity index (χ0v) is 25.8. The normalized spacial score (nSPS) is 20.8. The average molecular weight is 576 g/mol. The zero-order chi connectivity index (χ0) is 21.7. The quantitative estimate of drug-likeness (QED) is 0.462. The Morgan fingerprint density at radius 1 is 0.939 bits per heavy atom. The molecule has 2 aromatic rings. The standard InChI is InChI=1S/C17H21.C10H9.C2H7Si.2ClH.Zr/c1-3-5-12(2)16-9-8-15-10-13-6-4-7-14(13)11-17(15)16;1-8-6-7-9-4-2-3-5-10(8)9;1-3-2;;;/h8-12H,3-7H2,1-2H3;2-7H,1H3;3H,1-2H3;2*1H;/q;;;;;+2/p-2. The topological polar surface area (TPSA) is 0 Å². The Morgan fingerprint density at radius 2 is 1.61 bits per heavy atom. The first-order chi connectivity index (χ1) is 15.0. The van der Waals surface area contributed by atoms with Gasteiger partial charge in [-0.15, -0.1) is 0 Å². The average Bonchev–Trinajstić information content (AvgIpc) is 3.44. The Morgan fingerprint density at radius 3 is 2.30 bits per heavy atom. The molecule has 0 N–H and O–H groups in total. The molecular formula is C29H37Cl2SiZr. The van der Waals surface area contributed by atoms with Crippen molar-refractivity contribution in [3.05, 3.63) is 81.9 Å². The molecule has 0 saturated heterocycles. The molecule has 0 fully saturated rings. The van der Waals surface area contributed by atoms with Gasteiger partial charge in [0.05, 0.1) is 0 Å². The molecule has 3 atom stereocenters. The first kappa shape index (κ1) is 27.2. The smallest absolute Gasteiger partial charge is 1.00 e. The fourth-order valence-electron chi connectivity index (χ4n) is 6.55. The summed E-state index contributed by atoms with van der Waals surface area (Å²) in [5.41, 5.74) is 13.2. The van der Waals surface area contributed by atoms with Crippen LogP contribution in [0.3, 0.4) is 0 Å². The van der Waals surface area contributed by atoms with E-state index in [9.17, 15) is 0 Å². The zero-order valence-electron chi connectivity index (χ0n) is 20.7. The minimum atomic E-state index is -1.82.